The van der Waals surface area contributed by atoms with Crippen molar-refractivity contribution in [1.29, 1.82) is 0 Å². The fraction of sp³-hybridized carbons (Fsp3) is 0.360. The van der Waals surface area contributed by atoms with Crippen molar-refractivity contribution in [3.8, 4) is 17.1 Å². The van der Waals surface area contributed by atoms with E-state index in [-0.39, 0.29) is 24.2 Å². The van der Waals surface area contributed by atoms with Crippen LogP contribution in [0.15, 0.2) is 59.0 Å². The van der Waals surface area contributed by atoms with Crippen molar-refractivity contribution >= 4 is 5.91 Å². The molecule has 1 fully saturated rings. The number of carbonyl (C=O) groups is 1. The number of phenols is 1. The summed E-state index contributed by atoms with van der Waals surface area (Å²) in [6.45, 7) is 3.53. The molecule has 1 aliphatic heterocycles. The Morgan fingerprint density at radius 2 is 1.94 bits per heavy atom. The van der Waals surface area contributed by atoms with Gasteiger partial charge in [-0.1, -0.05) is 48.5 Å². The van der Waals surface area contributed by atoms with Crippen LogP contribution in [0.4, 0.5) is 0 Å². The van der Waals surface area contributed by atoms with Gasteiger partial charge >= 0.3 is 0 Å². The molecule has 1 aromatic heterocycles. The maximum Gasteiger partial charge on any atom is 0.223 e. The first-order valence-corrected chi connectivity index (χ1v) is 10.8. The molecular weight excluding hydrogens is 392 g/mol. The molecule has 162 valence electrons. The summed E-state index contributed by atoms with van der Waals surface area (Å²) >= 11 is 0. The predicted octanol–water partition coefficient (Wildman–Crippen LogP) is 4.50. The lowest BCUT2D eigenvalue weighted by molar-refractivity contribution is -0.133. The summed E-state index contributed by atoms with van der Waals surface area (Å²) in [4.78, 5) is 19.4. The zero-order valence-corrected chi connectivity index (χ0v) is 17.8. The number of phenolic OH excluding ortho intramolecular Hbond substituents is 1. The van der Waals surface area contributed by atoms with Gasteiger partial charge in [-0.3, -0.25) is 4.79 Å². The topological polar surface area (TPSA) is 75.8 Å². The predicted molar refractivity (Wildman–Crippen MR) is 117 cm³/mol. The van der Waals surface area contributed by atoms with Crippen molar-refractivity contribution in [3.05, 3.63) is 71.7 Å². The van der Waals surface area contributed by atoms with E-state index in [2.05, 4.69) is 4.98 Å². The van der Waals surface area contributed by atoms with Crippen LogP contribution in [-0.2, 0) is 22.5 Å². The minimum Gasteiger partial charge on any atom is -0.508 e. The summed E-state index contributed by atoms with van der Waals surface area (Å²) in [6, 6.07) is 17.0. The number of hydrogen-bond donors (Lipinski definition) is 1. The van der Waals surface area contributed by atoms with Gasteiger partial charge < -0.3 is 19.2 Å². The summed E-state index contributed by atoms with van der Waals surface area (Å²) in [6.07, 6.45) is 2.72. The third-order valence-corrected chi connectivity index (χ3v) is 5.58. The van der Waals surface area contributed by atoms with Gasteiger partial charge in [-0.2, -0.15) is 0 Å². The monoisotopic (exact) mass is 420 g/mol. The van der Waals surface area contributed by atoms with Crippen LogP contribution in [-0.4, -0.2) is 40.2 Å². The SMILES string of the molecule is Cc1nc(CCC(=O)N(Cc2ccccc2O)CC2CCCO2)oc1-c1ccccc1. The van der Waals surface area contributed by atoms with Crippen LogP contribution in [0.1, 0.15) is 36.4 Å². The molecule has 1 atom stereocenters. The standard InChI is InChI=1S/C25H28N2O4/c1-18-25(19-8-3-2-4-9-19)31-23(26-18)13-14-24(29)27(17-21-11-7-15-30-21)16-20-10-5-6-12-22(20)28/h2-6,8-10,12,21,28H,7,11,13-17H2,1H3. The number of nitrogens with zero attached hydrogens (tertiary/aromatic N) is 2. The van der Waals surface area contributed by atoms with E-state index < -0.39 is 0 Å². The van der Waals surface area contributed by atoms with Crippen LogP contribution in [0.25, 0.3) is 11.3 Å². The Hall–Kier alpha value is -3.12. The summed E-state index contributed by atoms with van der Waals surface area (Å²) in [7, 11) is 0. The van der Waals surface area contributed by atoms with Crippen molar-refractivity contribution in [1.82, 2.24) is 9.88 Å². The number of ether oxygens (including phenoxy) is 1. The Balaban J connectivity index is 1.44. The van der Waals surface area contributed by atoms with Crippen LogP contribution in [0, 0.1) is 6.92 Å². The highest BCUT2D eigenvalue weighted by Crippen LogP contribution is 2.25. The Bertz CT molecular complexity index is 1010. The molecule has 6 heteroatoms. The highest BCUT2D eigenvalue weighted by atomic mass is 16.5. The van der Waals surface area contributed by atoms with Gasteiger partial charge in [-0.05, 0) is 25.8 Å². The number of benzene rings is 2. The van der Waals surface area contributed by atoms with Gasteiger partial charge in [-0.25, -0.2) is 4.98 Å². The molecule has 31 heavy (non-hydrogen) atoms. The van der Waals surface area contributed by atoms with Crippen molar-refractivity contribution < 1.29 is 19.1 Å². The van der Waals surface area contributed by atoms with E-state index in [0.717, 1.165) is 42.0 Å². The maximum absolute atomic E-state index is 13.1. The van der Waals surface area contributed by atoms with Gasteiger partial charge in [0.1, 0.15) is 5.75 Å². The van der Waals surface area contributed by atoms with E-state index in [4.69, 9.17) is 9.15 Å². The molecule has 6 nitrogen and oxygen atoms in total. The first kappa shape index (κ1) is 21.1. The van der Waals surface area contributed by atoms with Crippen LogP contribution in [0.2, 0.25) is 0 Å². The van der Waals surface area contributed by atoms with Crippen molar-refractivity contribution in [2.24, 2.45) is 0 Å². The third kappa shape index (κ3) is 5.33. The largest absolute Gasteiger partial charge is 0.508 e. The van der Waals surface area contributed by atoms with Gasteiger partial charge in [-0.15, -0.1) is 0 Å². The Labute approximate surface area is 182 Å². The molecule has 4 rings (SSSR count). The molecule has 1 amide bonds. The van der Waals surface area contributed by atoms with Crippen LogP contribution in [0.5, 0.6) is 5.75 Å². The van der Waals surface area contributed by atoms with Crippen molar-refractivity contribution in [3.63, 3.8) is 0 Å². The van der Waals surface area contributed by atoms with Gasteiger partial charge in [0.2, 0.25) is 5.91 Å². The molecule has 1 saturated heterocycles. The summed E-state index contributed by atoms with van der Waals surface area (Å²) in [5.74, 6) is 1.50. The van der Waals surface area contributed by atoms with Crippen LogP contribution >= 0.6 is 0 Å². The van der Waals surface area contributed by atoms with E-state index in [1.165, 1.54) is 0 Å². The van der Waals surface area contributed by atoms with Crippen LogP contribution in [0.3, 0.4) is 0 Å². The van der Waals surface area contributed by atoms with Gasteiger partial charge in [0.25, 0.3) is 0 Å². The Kier molecular flexibility index (Phi) is 6.67. The van der Waals surface area contributed by atoms with Crippen molar-refractivity contribution in [2.45, 2.75) is 45.3 Å². The molecule has 1 N–H and O–H groups in total. The van der Waals surface area contributed by atoms with Gasteiger partial charge in [0.15, 0.2) is 11.7 Å². The molecule has 0 radical (unpaired) electrons. The number of amides is 1. The fourth-order valence-electron chi connectivity index (χ4n) is 3.93. The Morgan fingerprint density at radius 3 is 2.68 bits per heavy atom. The lowest BCUT2D eigenvalue weighted by Crippen LogP contribution is -2.37. The summed E-state index contributed by atoms with van der Waals surface area (Å²) in [5, 5.41) is 10.2. The fourth-order valence-corrected chi connectivity index (χ4v) is 3.93. The number of aryl methyl sites for hydroxylation is 2. The Morgan fingerprint density at radius 1 is 1.16 bits per heavy atom. The molecule has 0 saturated carbocycles. The lowest BCUT2D eigenvalue weighted by Gasteiger charge is -2.26. The highest BCUT2D eigenvalue weighted by molar-refractivity contribution is 5.76. The normalized spacial score (nSPS) is 15.8. The number of oxazole rings is 1. The molecule has 0 aliphatic carbocycles. The molecule has 0 bridgehead atoms. The van der Waals surface area contributed by atoms with Gasteiger partial charge in [0, 0.05) is 43.7 Å². The summed E-state index contributed by atoms with van der Waals surface area (Å²) in [5.41, 5.74) is 2.52. The second kappa shape index (κ2) is 9.79. The quantitative estimate of drug-likeness (QED) is 0.581. The number of aromatic hydroxyl groups is 1. The molecule has 1 aliphatic rings. The maximum atomic E-state index is 13.1. The smallest absolute Gasteiger partial charge is 0.223 e. The lowest BCUT2D eigenvalue weighted by atomic mass is 10.1. The zero-order chi connectivity index (χ0) is 21.6. The number of para-hydroxylation sites is 1. The second-order valence-corrected chi connectivity index (χ2v) is 7.93. The average Bonchev–Trinajstić information content (AvgIpc) is 3.43. The first-order chi connectivity index (χ1) is 15.1. The van der Waals surface area contributed by atoms with Crippen molar-refractivity contribution in [2.75, 3.05) is 13.2 Å². The van der Waals surface area contributed by atoms with E-state index in [0.29, 0.717) is 25.4 Å². The van der Waals surface area contributed by atoms with Crippen LogP contribution < -0.4 is 0 Å². The number of aromatic nitrogens is 1. The molecule has 3 aromatic rings. The van der Waals surface area contributed by atoms with E-state index in [9.17, 15) is 9.90 Å². The minimum absolute atomic E-state index is 0.00383. The molecule has 1 unspecified atom stereocenters. The second-order valence-electron chi connectivity index (χ2n) is 7.93. The average molecular weight is 421 g/mol. The highest BCUT2D eigenvalue weighted by Gasteiger charge is 2.24. The van der Waals surface area contributed by atoms with E-state index in [1.807, 2.05) is 49.4 Å². The summed E-state index contributed by atoms with van der Waals surface area (Å²) < 4.78 is 11.7. The number of rotatable bonds is 8. The van der Waals surface area contributed by atoms with E-state index in [1.54, 1.807) is 17.0 Å². The molecule has 2 heterocycles. The first-order valence-electron chi connectivity index (χ1n) is 10.8. The third-order valence-electron chi connectivity index (χ3n) is 5.58. The molecule has 2 aromatic carbocycles. The molecular formula is C25H28N2O4. The molecule has 0 spiro atoms. The van der Waals surface area contributed by atoms with E-state index >= 15 is 0 Å². The number of carbonyl (C=O) groups excluding carboxylic acids is 1. The minimum atomic E-state index is -0.00383. The van der Waals surface area contributed by atoms with Gasteiger partial charge in [0.05, 0.1) is 11.8 Å². The zero-order valence-electron chi connectivity index (χ0n) is 17.8. The number of hydrogen-bond acceptors (Lipinski definition) is 5.